The summed E-state index contributed by atoms with van der Waals surface area (Å²) >= 11 is 5.93. The molecule has 0 fully saturated rings. The van der Waals surface area contributed by atoms with Crippen molar-refractivity contribution < 1.29 is 19.1 Å². The van der Waals surface area contributed by atoms with Gasteiger partial charge in [0.05, 0.1) is 31.9 Å². The molecule has 1 aromatic carbocycles. The fourth-order valence-electron chi connectivity index (χ4n) is 2.98. The molecule has 2 N–H and O–H groups in total. The highest BCUT2D eigenvalue weighted by Crippen LogP contribution is 2.24. The maximum atomic E-state index is 12.5. The van der Waals surface area contributed by atoms with Crippen molar-refractivity contribution in [3.05, 3.63) is 46.2 Å². The lowest BCUT2D eigenvalue weighted by atomic mass is 10.1. The number of hydrogen-bond donors (Lipinski definition) is 2. The normalized spacial score (nSPS) is 15.3. The molecule has 27 heavy (non-hydrogen) atoms. The summed E-state index contributed by atoms with van der Waals surface area (Å²) in [5.74, 6) is -0.0528. The number of hydrogen-bond acceptors (Lipinski definition) is 5. The predicted octanol–water partition coefficient (Wildman–Crippen LogP) is 1.28. The molecule has 0 radical (unpaired) electrons. The SMILES string of the molecule is COCCNC(=O)c1cc2n(n1)C[C@@H](NC(=O)c1ccc(Cl)cc1OC)C2. The molecule has 1 aromatic heterocycles. The third kappa shape index (κ3) is 4.40. The number of rotatable bonds is 7. The minimum Gasteiger partial charge on any atom is -0.496 e. The van der Waals surface area contributed by atoms with Crippen LogP contribution in [0.1, 0.15) is 26.5 Å². The van der Waals surface area contributed by atoms with Gasteiger partial charge in [-0.3, -0.25) is 14.3 Å². The standard InChI is InChI=1S/C18H21ClN4O4/c1-26-6-5-20-18(25)15-9-13-8-12(10-23(13)22-15)21-17(24)14-4-3-11(19)7-16(14)27-2/h3-4,7,9,12H,5-6,8,10H2,1-2H3,(H,20,25)(H,21,24)/t12-/m0/s1. The van der Waals surface area contributed by atoms with E-state index in [0.717, 1.165) is 5.69 Å². The van der Waals surface area contributed by atoms with Crippen molar-refractivity contribution in [3.63, 3.8) is 0 Å². The summed E-state index contributed by atoms with van der Waals surface area (Å²) in [6, 6.07) is 6.52. The Morgan fingerprint density at radius 1 is 1.30 bits per heavy atom. The molecule has 2 aromatic rings. The van der Waals surface area contributed by atoms with Gasteiger partial charge >= 0.3 is 0 Å². The van der Waals surface area contributed by atoms with Crippen LogP contribution in [0.25, 0.3) is 0 Å². The van der Waals surface area contributed by atoms with Gasteiger partial charge in [-0.05, 0) is 24.3 Å². The van der Waals surface area contributed by atoms with E-state index in [9.17, 15) is 9.59 Å². The zero-order valence-electron chi connectivity index (χ0n) is 15.1. The fraction of sp³-hybridized carbons (Fsp3) is 0.389. The van der Waals surface area contributed by atoms with Gasteiger partial charge in [0, 0.05) is 30.8 Å². The Hall–Kier alpha value is -2.58. The van der Waals surface area contributed by atoms with Crippen molar-refractivity contribution in [3.8, 4) is 5.75 Å². The summed E-state index contributed by atoms with van der Waals surface area (Å²) < 4.78 is 11.9. The molecule has 3 rings (SSSR count). The molecule has 1 aliphatic heterocycles. The van der Waals surface area contributed by atoms with Gasteiger partial charge in [-0.15, -0.1) is 0 Å². The maximum Gasteiger partial charge on any atom is 0.271 e. The molecule has 0 aliphatic carbocycles. The number of carbonyl (C=O) groups is 2. The lowest BCUT2D eigenvalue weighted by molar-refractivity contribution is 0.0920. The number of nitrogens with zero attached hydrogens (tertiary/aromatic N) is 2. The summed E-state index contributed by atoms with van der Waals surface area (Å²) in [4.78, 5) is 24.6. The van der Waals surface area contributed by atoms with Crippen LogP contribution in [0.3, 0.4) is 0 Å². The van der Waals surface area contributed by atoms with Crippen molar-refractivity contribution in [1.29, 1.82) is 0 Å². The summed E-state index contributed by atoms with van der Waals surface area (Å²) in [6.45, 7) is 1.38. The number of halogens is 1. The van der Waals surface area contributed by atoms with Gasteiger partial charge in [-0.1, -0.05) is 11.6 Å². The van der Waals surface area contributed by atoms with E-state index in [4.69, 9.17) is 21.1 Å². The van der Waals surface area contributed by atoms with Crippen molar-refractivity contribution in [2.24, 2.45) is 0 Å². The van der Waals surface area contributed by atoms with Crippen LogP contribution in [0.4, 0.5) is 0 Å². The number of carbonyl (C=O) groups excluding carboxylic acids is 2. The summed E-state index contributed by atoms with van der Waals surface area (Å²) in [5.41, 5.74) is 1.69. The second kappa shape index (κ2) is 8.41. The van der Waals surface area contributed by atoms with Gasteiger partial charge in [0.25, 0.3) is 11.8 Å². The Labute approximate surface area is 161 Å². The van der Waals surface area contributed by atoms with Gasteiger partial charge in [0.15, 0.2) is 0 Å². The van der Waals surface area contributed by atoms with Crippen LogP contribution < -0.4 is 15.4 Å². The predicted molar refractivity (Wildman–Crippen MR) is 99.4 cm³/mol. The van der Waals surface area contributed by atoms with Gasteiger partial charge in [0.1, 0.15) is 11.4 Å². The zero-order chi connectivity index (χ0) is 19.4. The topological polar surface area (TPSA) is 94.5 Å². The smallest absolute Gasteiger partial charge is 0.271 e. The Morgan fingerprint density at radius 3 is 2.81 bits per heavy atom. The first-order valence-electron chi connectivity index (χ1n) is 8.50. The van der Waals surface area contributed by atoms with Crippen LogP contribution in [0.2, 0.25) is 5.02 Å². The third-order valence-corrected chi connectivity index (χ3v) is 4.52. The molecule has 0 saturated heterocycles. The van der Waals surface area contributed by atoms with E-state index in [1.54, 1.807) is 36.1 Å². The number of benzene rings is 1. The second-order valence-electron chi connectivity index (χ2n) is 6.17. The average molecular weight is 393 g/mol. The monoisotopic (exact) mass is 392 g/mol. The molecular weight excluding hydrogens is 372 g/mol. The lowest BCUT2D eigenvalue weighted by Crippen LogP contribution is -2.36. The summed E-state index contributed by atoms with van der Waals surface area (Å²) in [5, 5.41) is 10.5. The zero-order valence-corrected chi connectivity index (χ0v) is 15.9. The van der Waals surface area contributed by atoms with E-state index >= 15 is 0 Å². The molecule has 1 atom stereocenters. The quantitative estimate of drug-likeness (QED) is 0.692. The minimum atomic E-state index is -0.239. The van der Waals surface area contributed by atoms with E-state index in [-0.39, 0.29) is 17.9 Å². The lowest BCUT2D eigenvalue weighted by Gasteiger charge is -2.14. The molecule has 1 aliphatic rings. The van der Waals surface area contributed by atoms with E-state index in [2.05, 4.69) is 15.7 Å². The molecule has 144 valence electrons. The number of ether oxygens (including phenoxy) is 2. The average Bonchev–Trinajstić information content (AvgIpc) is 3.20. The number of amides is 2. The van der Waals surface area contributed by atoms with E-state index in [1.807, 2.05) is 0 Å². The highest BCUT2D eigenvalue weighted by molar-refractivity contribution is 6.30. The Morgan fingerprint density at radius 2 is 2.11 bits per heavy atom. The van der Waals surface area contributed by atoms with Crippen molar-refractivity contribution >= 4 is 23.4 Å². The Bertz CT molecular complexity index is 828. The summed E-state index contributed by atoms with van der Waals surface area (Å²) in [7, 11) is 3.07. The summed E-state index contributed by atoms with van der Waals surface area (Å²) in [6.07, 6.45) is 0.597. The Balaban J connectivity index is 1.60. The van der Waals surface area contributed by atoms with Crippen LogP contribution >= 0.6 is 11.6 Å². The molecule has 2 amide bonds. The second-order valence-corrected chi connectivity index (χ2v) is 6.61. The molecule has 0 spiro atoms. The van der Waals surface area contributed by atoms with Gasteiger partial charge in [0.2, 0.25) is 0 Å². The van der Waals surface area contributed by atoms with Crippen molar-refractivity contribution in [2.75, 3.05) is 27.4 Å². The fourth-order valence-corrected chi connectivity index (χ4v) is 3.15. The molecular formula is C18H21ClN4O4. The first kappa shape index (κ1) is 19.2. The molecule has 2 heterocycles. The van der Waals surface area contributed by atoms with Crippen molar-refractivity contribution in [2.45, 2.75) is 19.0 Å². The molecule has 8 nitrogen and oxygen atoms in total. The number of nitrogens with one attached hydrogen (secondary N) is 2. The molecule has 9 heteroatoms. The number of methoxy groups -OCH3 is 2. The molecule has 0 bridgehead atoms. The van der Waals surface area contributed by atoms with E-state index < -0.39 is 0 Å². The van der Waals surface area contributed by atoms with Crippen LogP contribution in [0, 0.1) is 0 Å². The first-order chi connectivity index (χ1) is 13.0. The highest BCUT2D eigenvalue weighted by atomic mass is 35.5. The van der Waals surface area contributed by atoms with Gasteiger partial charge < -0.3 is 20.1 Å². The van der Waals surface area contributed by atoms with E-state index in [1.165, 1.54) is 7.11 Å². The number of aromatic nitrogens is 2. The first-order valence-corrected chi connectivity index (χ1v) is 8.88. The minimum absolute atomic E-state index is 0.106. The maximum absolute atomic E-state index is 12.5. The number of fused-ring (bicyclic) bond motifs is 1. The van der Waals surface area contributed by atoms with E-state index in [0.29, 0.717) is 48.1 Å². The van der Waals surface area contributed by atoms with Crippen LogP contribution in [0.15, 0.2) is 24.3 Å². The highest BCUT2D eigenvalue weighted by Gasteiger charge is 2.27. The van der Waals surface area contributed by atoms with Crippen LogP contribution in [-0.4, -0.2) is 55.0 Å². The van der Waals surface area contributed by atoms with Gasteiger partial charge in [-0.25, -0.2) is 0 Å². The van der Waals surface area contributed by atoms with Gasteiger partial charge in [-0.2, -0.15) is 5.10 Å². The molecule has 0 saturated carbocycles. The van der Waals surface area contributed by atoms with Crippen LogP contribution in [0.5, 0.6) is 5.75 Å². The molecule has 0 unspecified atom stereocenters. The largest absolute Gasteiger partial charge is 0.496 e. The van der Waals surface area contributed by atoms with Crippen LogP contribution in [-0.2, 0) is 17.7 Å². The third-order valence-electron chi connectivity index (χ3n) is 4.28. The Kier molecular flexibility index (Phi) is 5.98. The van der Waals surface area contributed by atoms with Crippen molar-refractivity contribution in [1.82, 2.24) is 20.4 Å².